The molecule has 0 heterocycles. The van der Waals surface area contributed by atoms with Gasteiger partial charge in [0.05, 0.1) is 11.8 Å². The Morgan fingerprint density at radius 3 is 2.47 bits per heavy atom. The maximum Gasteiger partial charge on any atom is 0.236 e. The molecule has 1 atom stereocenters. The predicted molar refractivity (Wildman–Crippen MR) is 68.0 cm³/mol. The number of hydrogen-bond donors (Lipinski definition) is 2. The van der Waals surface area contributed by atoms with Crippen LogP contribution in [-0.2, 0) is 14.8 Å². The molecule has 17 heavy (non-hydrogen) atoms. The Labute approximate surface area is 104 Å². The van der Waals surface area contributed by atoms with Crippen molar-refractivity contribution in [3.8, 4) is 0 Å². The third-order valence-electron chi connectivity index (χ3n) is 2.42. The van der Waals surface area contributed by atoms with Gasteiger partial charge >= 0.3 is 0 Å². The second kappa shape index (κ2) is 7.62. The van der Waals surface area contributed by atoms with Crippen LogP contribution in [-0.4, -0.2) is 51.1 Å². The molecular formula is C10H23N3O3S. The fraction of sp³-hybridized carbons (Fsp3) is 0.900. The van der Waals surface area contributed by atoms with E-state index in [1.807, 2.05) is 6.92 Å². The normalized spacial score (nSPS) is 13.7. The summed E-state index contributed by atoms with van der Waals surface area (Å²) in [6, 6.07) is -0.544. The fourth-order valence-corrected chi connectivity index (χ4v) is 1.90. The van der Waals surface area contributed by atoms with E-state index in [4.69, 9.17) is 5.73 Å². The molecule has 3 N–H and O–H groups in total. The minimum Gasteiger partial charge on any atom is -0.354 e. The van der Waals surface area contributed by atoms with E-state index in [1.165, 1.54) is 14.1 Å². The molecule has 0 aromatic heterocycles. The van der Waals surface area contributed by atoms with Gasteiger partial charge in [0.25, 0.3) is 0 Å². The van der Waals surface area contributed by atoms with Gasteiger partial charge in [0.15, 0.2) is 0 Å². The highest BCUT2D eigenvalue weighted by molar-refractivity contribution is 7.89. The highest BCUT2D eigenvalue weighted by atomic mass is 32.2. The van der Waals surface area contributed by atoms with E-state index < -0.39 is 16.1 Å². The zero-order chi connectivity index (χ0) is 13.5. The monoisotopic (exact) mass is 265 g/mol. The quantitative estimate of drug-likeness (QED) is 0.619. The summed E-state index contributed by atoms with van der Waals surface area (Å²) in [6.45, 7) is 2.12. The van der Waals surface area contributed by atoms with Crippen molar-refractivity contribution in [1.29, 1.82) is 0 Å². The van der Waals surface area contributed by atoms with Crippen LogP contribution in [0.1, 0.15) is 26.2 Å². The molecule has 0 saturated heterocycles. The minimum atomic E-state index is -3.26. The van der Waals surface area contributed by atoms with E-state index in [-0.39, 0.29) is 18.2 Å². The maximum atomic E-state index is 11.5. The number of rotatable bonds is 8. The minimum absolute atomic E-state index is 0.0964. The molecule has 0 bridgehead atoms. The van der Waals surface area contributed by atoms with Crippen molar-refractivity contribution in [2.45, 2.75) is 32.2 Å². The largest absolute Gasteiger partial charge is 0.354 e. The average Bonchev–Trinajstić information content (AvgIpc) is 2.25. The molecule has 1 amide bonds. The maximum absolute atomic E-state index is 11.5. The summed E-state index contributed by atoms with van der Waals surface area (Å²) < 4.78 is 23.9. The van der Waals surface area contributed by atoms with Gasteiger partial charge in [-0.05, 0) is 6.42 Å². The molecule has 0 rings (SSSR count). The third-order valence-corrected chi connectivity index (χ3v) is 4.25. The zero-order valence-electron chi connectivity index (χ0n) is 10.8. The van der Waals surface area contributed by atoms with Crippen molar-refractivity contribution in [2.75, 3.05) is 26.4 Å². The first-order chi connectivity index (χ1) is 7.81. The van der Waals surface area contributed by atoms with Gasteiger partial charge in [0.1, 0.15) is 0 Å². The summed E-state index contributed by atoms with van der Waals surface area (Å²) in [4.78, 5) is 11.5. The van der Waals surface area contributed by atoms with Gasteiger partial charge in [-0.25, -0.2) is 12.7 Å². The van der Waals surface area contributed by atoms with Crippen LogP contribution in [0.4, 0.5) is 0 Å². The van der Waals surface area contributed by atoms with Crippen molar-refractivity contribution in [2.24, 2.45) is 5.73 Å². The Hall–Kier alpha value is -0.660. The summed E-state index contributed by atoms with van der Waals surface area (Å²) in [5.41, 5.74) is 5.64. The van der Waals surface area contributed by atoms with E-state index in [2.05, 4.69) is 5.32 Å². The highest BCUT2D eigenvalue weighted by Crippen LogP contribution is 1.98. The fourth-order valence-electron chi connectivity index (χ4n) is 1.17. The molecular weight excluding hydrogens is 242 g/mol. The first kappa shape index (κ1) is 16.3. The molecule has 7 heteroatoms. The van der Waals surface area contributed by atoms with E-state index in [0.29, 0.717) is 6.42 Å². The number of nitrogens with one attached hydrogen (secondary N) is 1. The van der Waals surface area contributed by atoms with E-state index in [9.17, 15) is 13.2 Å². The topological polar surface area (TPSA) is 92.5 Å². The van der Waals surface area contributed by atoms with Crippen LogP contribution in [0.5, 0.6) is 0 Å². The summed E-state index contributed by atoms with van der Waals surface area (Å²) >= 11 is 0. The standard InChI is InChI=1S/C10H23N3O3S/c1-4-5-6-9(11)10(14)12-7-8-17(15,16)13(2)3/h9H,4-8,11H2,1-3H3,(H,12,14)/t9-/m0/s1. The van der Waals surface area contributed by atoms with Gasteiger partial charge in [-0.2, -0.15) is 0 Å². The molecule has 0 aromatic carbocycles. The SMILES string of the molecule is CCCC[C@H](N)C(=O)NCCS(=O)(=O)N(C)C. The Kier molecular flexibility index (Phi) is 7.33. The Morgan fingerprint density at radius 2 is 2.00 bits per heavy atom. The van der Waals surface area contributed by atoms with E-state index in [1.54, 1.807) is 0 Å². The second-order valence-electron chi connectivity index (χ2n) is 4.14. The van der Waals surface area contributed by atoms with Gasteiger partial charge in [-0.3, -0.25) is 4.79 Å². The number of nitrogens with two attached hydrogens (primary N) is 1. The lowest BCUT2D eigenvalue weighted by Crippen LogP contribution is -2.43. The molecule has 0 aromatic rings. The molecule has 0 aliphatic rings. The Bertz CT molecular complexity index is 328. The molecule has 0 saturated carbocycles. The van der Waals surface area contributed by atoms with Crippen LogP contribution < -0.4 is 11.1 Å². The molecule has 6 nitrogen and oxygen atoms in total. The lowest BCUT2D eigenvalue weighted by Gasteiger charge is -2.14. The zero-order valence-corrected chi connectivity index (χ0v) is 11.6. The van der Waals surface area contributed by atoms with Gasteiger partial charge in [-0.1, -0.05) is 19.8 Å². The van der Waals surface area contributed by atoms with Crippen molar-refractivity contribution >= 4 is 15.9 Å². The molecule has 0 aliphatic carbocycles. The summed E-state index contributed by atoms with van der Waals surface area (Å²) in [5, 5.41) is 2.53. The number of unbranched alkanes of at least 4 members (excludes halogenated alkanes) is 1. The van der Waals surface area contributed by atoms with E-state index in [0.717, 1.165) is 17.1 Å². The third kappa shape index (κ3) is 6.60. The van der Waals surface area contributed by atoms with E-state index >= 15 is 0 Å². The molecule has 0 aliphatic heterocycles. The first-order valence-electron chi connectivity index (χ1n) is 5.74. The van der Waals surface area contributed by atoms with Crippen LogP contribution in [0.2, 0.25) is 0 Å². The van der Waals surface area contributed by atoms with Crippen molar-refractivity contribution < 1.29 is 13.2 Å². The summed E-state index contributed by atoms with van der Waals surface area (Å²) in [6.07, 6.45) is 2.50. The molecule has 0 fully saturated rings. The number of sulfonamides is 1. The first-order valence-corrected chi connectivity index (χ1v) is 7.35. The van der Waals surface area contributed by atoms with Gasteiger partial charge in [0.2, 0.25) is 15.9 Å². The number of carbonyl (C=O) groups is 1. The van der Waals surface area contributed by atoms with Gasteiger partial charge in [0, 0.05) is 20.6 Å². The van der Waals surface area contributed by atoms with Crippen molar-refractivity contribution in [3.63, 3.8) is 0 Å². The second-order valence-corrected chi connectivity index (χ2v) is 6.44. The van der Waals surface area contributed by atoms with Gasteiger partial charge < -0.3 is 11.1 Å². The molecule has 0 radical (unpaired) electrons. The number of nitrogens with zero attached hydrogens (tertiary/aromatic N) is 1. The van der Waals surface area contributed by atoms with Crippen LogP contribution in [0.15, 0.2) is 0 Å². The molecule has 0 unspecified atom stereocenters. The lowest BCUT2D eigenvalue weighted by atomic mass is 10.1. The molecule has 0 spiro atoms. The average molecular weight is 265 g/mol. The highest BCUT2D eigenvalue weighted by Gasteiger charge is 2.16. The number of amides is 1. The van der Waals surface area contributed by atoms with Crippen LogP contribution >= 0.6 is 0 Å². The Morgan fingerprint density at radius 1 is 1.41 bits per heavy atom. The number of carbonyl (C=O) groups excluding carboxylic acids is 1. The van der Waals surface area contributed by atoms with Crippen LogP contribution in [0.25, 0.3) is 0 Å². The molecule has 102 valence electrons. The van der Waals surface area contributed by atoms with Crippen LogP contribution in [0, 0.1) is 0 Å². The lowest BCUT2D eigenvalue weighted by molar-refractivity contribution is -0.122. The summed E-state index contributed by atoms with van der Waals surface area (Å²) in [5.74, 6) is -0.390. The Balaban J connectivity index is 3.93. The van der Waals surface area contributed by atoms with Crippen molar-refractivity contribution in [1.82, 2.24) is 9.62 Å². The summed E-state index contributed by atoms with van der Waals surface area (Å²) in [7, 11) is -0.334. The number of hydrogen-bond acceptors (Lipinski definition) is 4. The van der Waals surface area contributed by atoms with Crippen molar-refractivity contribution in [3.05, 3.63) is 0 Å². The van der Waals surface area contributed by atoms with Crippen LogP contribution in [0.3, 0.4) is 0 Å². The predicted octanol–water partition coefficient (Wildman–Crippen LogP) is -0.488. The smallest absolute Gasteiger partial charge is 0.236 e. The van der Waals surface area contributed by atoms with Gasteiger partial charge in [-0.15, -0.1) is 0 Å².